The number of hydrogen-bond donors (Lipinski definition) is 0. The van der Waals surface area contributed by atoms with Gasteiger partial charge in [-0.15, -0.1) is 0 Å². The highest BCUT2D eigenvalue weighted by Crippen LogP contribution is 2.29. The van der Waals surface area contributed by atoms with E-state index in [9.17, 15) is 0 Å². The quantitative estimate of drug-likeness (QED) is 0.606. The molecule has 12 heavy (non-hydrogen) atoms. The van der Waals surface area contributed by atoms with Crippen LogP contribution < -0.4 is 0 Å². The standard InChI is InChI=1S/C9H18.CO2/c1-3-9-6-4-8(2)5-7-9;2-1-3/h8-9H,3-7H2,1-2H3;. The van der Waals surface area contributed by atoms with Crippen molar-refractivity contribution in [3.63, 3.8) is 0 Å². The molecule has 0 aromatic heterocycles. The Morgan fingerprint density at radius 3 is 1.92 bits per heavy atom. The normalized spacial score (nSPS) is 28.2. The third kappa shape index (κ3) is 5.09. The molecule has 0 N–H and O–H groups in total. The van der Waals surface area contributed by atoms with E-state index in [0.717, 1.165) is 11.8 Å². The molecule has 0 radical (unpaired) electrons. The van der Waals surface area contributed by atoms with Crippen molar-refractivity contribution in [2.75, 3.05) is 0 Å². The second-order valence-electron chi connectivity index (χ2n) is 3.62. The van der Waals surface area contributed by atoms with Gasteiger partial charge in [-0.2, -0.15) is 9.59 Å². The van der Waals surface area contributed by atoms with E-state index < -0.39 is 0 Å². The van der Waals surface area contributed by atoms with Crippen LogP contribution in [-0.2, 0) is 9.59 Å². The average Bonchev–Trinajstić information content (AvgIpc) is 2.07. The van der Waals surface area contributed by atoms with Gasteiger partial charge in [0.1, 0.15) is 0 Å². The molecule has 1 rings (SSSR count). The van der Waals surface area contributed by atoms with Crippen LogP contribution in [0.5, 0.6) is 0 Å². The highest BCUT2D eigenvalue weighted by Gasteiger charge is 2.15. The molecule has 70 valence electrons. The molecule has 0 unspecified atom stereocenters. The summed E-state index contributed by atoms with van der Waals surface area (Å²) in [5, 5.41) is 0. The average molecular weight is 170 g/mol. The summed E-state index contributed by atoms with van der Waals surface area (Å²) in [4.78, 5) is 16.2. The van der Waals surface area contributed by atoms with E-state index in [-0.39, 0.29) is 6.15 Å². The molecular weight excluding hydrogens is 152 g/mol. The van der Waals surface area contributed by atoms with E-state index in [2.05, 4.69) is 13.8 Å². The zero-order chi connectivity index (χ0) is 9.40. The fraction of sp³-hybridized carbons (Fsp3) is 0.900. The Kier molecular flexibility index (Phi) is 6.69. The van der Waals surface area contributed by atoms with Crippen LogP contribution in [0.4, 0.5) is 0 Å². The highest BCUT2D eigenvalue weighted by atomic mass is 16.2. The van der Waals surface area contributed by atoms with Gasteiger partial charge < -0.3 is 0 Å². The summed E-state index contributed by atoms with van der Waals surface area (Å²) in [7, 11) is 0. The van der Waals surface area contributed by atoms with Gasteiger partial charge in [-0.3, -0.25) is 0 Å². The highest BCUT2D eigenvalue weighted by molar-refractivity contribution is 5.20. The molecule has 0 aromatic carbocycles. The van der Waals surface area contributed by atoms with Crippen molar-refractivity contribution in [3.8, 4) is 0 Å². The van der Waals surface area contributed by atoms with Gasteiger partial charge in [0, 0.05) is 0 Å². The maximum Gasteiger partial charge on any atom is 0.373 e. The van der Waals surface area contributed by atoms with Crippen LogP contribution in [0.3, 0.4) is 0 Å². The number of rotatable bonds is 1. The SMILES string of the molecule is CCC1CCC(C)CC1.O=C=O. The number of carbonyl (C=O) groups excluding carboxylic acids is 2. The van der Waals surface area contributed by atoms with E-state index in [1.807, 2.05) is 0 Å². The van der Waals surface area contributed by atoms with Crippen molar-refractivity contribution in [1.29, 1.82) is 0 Å². The van der Waals surface area contributed by atoms with Crippen LogP contribution >= 0.6 is 0 Å². The first-order valence-corrected chi connectivity index (χ1v) is 4.73. The first kappa shape index (κ1) is 11.4. The summed E-state index contributed by atoms with van der Waals surface area (Å²) in [6.07, 6.45) is 7.62. The summed E-state index contributed by atoms with van der Waals surface area (Å²) in [5.74, 6) is 2.09. The summed E-state index contributed by atoms with van der Waals surface area (Å²) in [6.45, 7) is 4.70. The zero-order valence-electron chi connectivity index (χ0n) is 8.01. The van der Waals surface area contributed by atoms with Crippen LogP contribution in [0.2, 0.25) is 0 Å². The monoisotopic (exact) mass is 170 g/mol. The fourth-order valence-corrected chi connectivity index (χ4v) is 1.74. The molecular formula is C10H18O2. The lowest BCUT2D eigenvalue weighted by Crippen LogP contribution is -2.10. The van der Waals surface area contributed by atoms with Gasteiger partial charge in [0.25, 0.3) is 0 Å². The Hall–Kier alpha value is -0.620. The molecule has 0 aliphatic heterocycles. The van der Waals surface area contributed by atoms with Gasteiger partial charge in [0.15, 0.2) is 0 Å². The zero-order valence-corrected chi connectivity index (χ0v) is 8.01. The lowest BCUT2D eigenvalue weighted by atomic mass is 9.82. The van der Waals surface area contributed by atoms with Gasteiger partial charge in [-0.1, -0.05) is 46.0 Å². The molecule has 0 aromatic rings. The predicted octanol–water partition coefficient (Wildman–Crippen LogP) is 2.64. The van der Waals surface area contributed by atoms with Gasteiger partial charge in [-0.05, 0) is 11.8 Å². The molecule has 0 bridgehead atoms. The smallest absolute Gasteiger partial charge is 0.186 e. The fourth-order valence-electron chi connectivity index (χ4n) is 1.74. The molecule has 1 fully saturated rings. The molecule has 0 atom stereocenters. The van der Waals surface area contributed by atoms with Crippen molar-refractivity contribution in [3.05, 3.63) is 0 Å². The van der Waals surface area contributed by atoms with Crippen molar-refractivity contribution in [1.82, 2.24) is 0 Å². The lowest BCUT2D eigenvalue weighted by Gasteiger charge is -2.24. The van der Waals surface area contributed by atoms with Crippen LogP contribution in [0.15, 0.2) is 0 Å². The van der Waals surface area contributed by atoms with Gasteiger partial charge in [-0.25, -0.2) is 0 Å². The molecule has 2 heteroatoms. The van der Waals surface area contributed by atoms with Crippen LogP contribution in [0.1, 0.15) is 46.0 Å². The molecule has 2 nitrogen and oxygen atoms in total. The Balaban J connectivity index is 0.000000354. The van der Waals surface area contributed by atoms with E-state index in [4.69, 9.17) is 9.59 Å². The minimum Gasteiger partial charge on any atom is -0.186 e. The summed E-state index contributed by atoms with van der Waals surface area (Å²) in [5.41, 5.74) is 0. The largest absolute Gasteiger partial charge is 0.373 e. The van der Waals surface area contributed by atoms with Crippen LogP contribution in [-0.4, -0.2) is 6.15 Å². The Labute approximate surface area is 74.3 Å². The third-order valence-corrected chi connectivity index (χ3v) is 2.71. The van der Waals surface area contributed by atoms with Crippen molar-refractivity contribution < 1.29 is 9.59 Å². The maximum absolute atomic E-state index is 8.12. The lowest BCUT2D eigenvalue weighted by molar-refractivity contribution is -0.191. The van der Waals surface area contributed by atoms with Gasteiger partial charge >= 0.3 is 6.15 Å². The summed E-state index contributed by atoms with van der Waals surface area (Å²) >= 11 is 0. The topological polar surface area (TPSA) is 34.1 Å². The van der Waals surface area contributed by atoms with Crippen molar-refractivity contribution >= 4 is 6.15 Å². The maximum atomic E-state index is 8.12. The van der Waals surface area contributed by atoms with Crippen molar-refractivity contribution in [2.45, 2.75) is 46.0 Å². The molecule has 0 spiro atoms. The van der Waals surface area contributed by atoms with E-state index in [1.54, 1.807) is 0 Å². The summed E-state index contributed by atoms with van der Waals surface area (Å²) < 4.78 is 0. The van der Waals surface area contributed by atoms with E-state index in [0.29, 0.717) is 0 Å². The Bertz CT molecular complexity index is 129. The minimum atomic E-state index is 0.250. The first-order chi connectivity index (χ1) is 5.74. The van der Waals surface area contributed by atoms with Crippen LogP contribution in [0.25, 0.3) is 0 Å². The third-order valence-electron chi connectivity index (χ3n) is 2.71. The van der Waals surface area contributed by atoms with Gasteiger partial charge in [0.05, 0.1) is 0 Å². The molecule has 1 aliphatic rings. The Morgan fingerprint density at radius 1 is 1.17 bits per heavy atom. The molecule has 0 heterocycles. The number of hydrogen-bond acceptors (Lipinski definition) is 2. The Morgan fingerprint density at radius 2 is 1.58 bits per heavy atom. The summed E-state index contributed by atoms with van der Waals surface area (Å²) in [6, 6.07) is 0. The predicted molar refractivity (Wildman–Crippen MR) is 46.4 cm³/mol. The molecule has 0 saturated heterocycles. The van der Waals surface area contributed by atoms with Crippen LogP contribution in [0, 0.1) is 11.8 Å². The second-order valence-corrected chi connectivity index (χ2v) is 3.62. The van der Waals surface area contributed by atoms with Crippen molar-refractivity contribution in [2.24, 2.45) is 11.8 Å². The van der Waals surface area contributed by atoms with E-state index in [1.165, 1.54) is 32.1 Å². The molecule has 1 aliphatic carbocycles. The molecule has 0 amide bonds. The first-order valence-electron chi connectivity index (χ1n) is 4.73. The minimum absolute atomic E-state index is 0.250. The van der Waals surface area contributed by atoms with Gasteiger partial charge in [0.2, 0.25) is 0 Å². The van der Waals surface area contributed by atoms with E-state index >= 15 is 0 Å². The second kappa shape index (κ2) is 7.05. The molecule has 1 saturated carbocycles.